The highest BCUT2D eigenvalue weighted by Crippen LogP contribution is 2.66. The number of fused-ring (bicyclic) bond motifs is 5. The predicted octanol–water partition coefficient (Wildman–Crippen LogP) is 6.93. The zero-order chi connectivity index (χ0) is 22.2. The van der Waals surface area contributed by atoms with E-state index in [9.17, 15) is 5.11 Å². The Morgan fingerprint density at radius 2 is 1.87 bits per heavy atom. The van der Waals surface area contributed by atoms with Gasteiger partial charge in [-0.3, -0.25) is 0 Å². The van der Waals surface area contributed by atoms with Crippen molar-refractivity contribution in [2.45, 2.75) is 95.6 Å². The lowest BCUT2D eigenvalue weighted by atomic mass is 9.48. The standard InChI is InChI=1S/C26H39FO2Si/c1-8-25-16-15-24(5)21(13-14-26(24,27)28)22(25)11-9-18-17-19(10-12-20(18)25)29-30(6,7)23(2,3)4/h8,10,12,17,21-22,28H,1,9,11,13-16H2,2-7H3/t21-,22-,24-,25+,26+/m0/s1. The van der Waals surface area contributed by atoms with Gasteiger partial charge in [0, 0.05) is 17.3 Å². The molecule has 0 aromatic heterocycles. The van der Waals surface area contributed by atoms with Gasteiger partial charge >= 0.3 is 0 Å². The Kier molecular flexibility index (Phi) is 4.92. The van der Waals surface area contributed by atoms with Crippen molar-refractivity contribution in [3.63, 3.8) is 0 Å². The number of hydrogen-bond donors (Lipinski definition) is 1. The van der Waals surface area contributed by atoms with Crippen molar-refractivity contribution in [1.29, 1.82) is 0 Å². The molecule has 2 fully saturated rings. The first-order chi connectivity index (χ1) is 13.8. The summed E-state index contributed by atoms with van der Waals surface area (Å²) in [5.41, 5.74) is 1.97. The molecular weight excluding hydrogens is 391 g/mol. The summed E-state index contributed by atoms with van der Waals surface area (Å²) < 4.78 is 21.6. The van der Waals surface area contributed by atoms with Crippen molar-refractivity contribution in [2.24, 2.45) is 17.3 Å². The average molecular weight is 431 g/mol. The fourth-order valence-corrected chi connectivity index (χ4v) is 7.50. The second-order valence-corrected chi connectivity index (χ2v) is 16.6. The number of rotatable bonds is 3. The molecule has 30 heavy (non-hydrogen) atoms. The van der Waals surface area contributed by atoms with Crippen LogP contribution in [0.25, 0.3) is 0 Å². The van der Waals surface area contributed by atoms with Crippen molar-refractivity contribution in [1.82, 2.24) is 0 Å². The molecule has 2 saturated carbocycles. The number of allylic oxidation sites excluding steroid dienone is 1. The molecule has 1 aromatic carbocycles. The third-order valence-corrected chi connectivity index (χ3v) is 13.9. The van der Waals surface area contributed by atoms with Crippen LogP contribution in [-0.4, -0.2) is 19.3 Å². The van der Waals surface area contributed by atoms with Crippen LogP contribution in [-0.2, 0) is 11.8 Å². The van der Waals surface area contributed by atoms with E-state index in [2.05, 4.69) is 64.7 Å². The van der Waals surface area contributed by atoms with E-state index in [-0.39, 0.29) is 22.8 Å². The predicted molar refractivity (Wildman–Crippen MR) is 124 cm³/mol. The molecule has 2 nitrogen and oxygen atoms in total. The van der Waals surface area contributed by atoms with Crippen LogP contribution < -0.4 is 4.43 Å². The highest BCUT2D eigenvalue weighted by atomic mass is 28.4. The number of alkyl halides is 1. The minimum atomic E-state index is -2.04. The molecular formula is C26H39FO2Si. The van der Waals surface area contributed by atoms with Gasteiger partial charge in [0.2, 0.25) is 14.2 Å². The van der Waals surface area contributed by atoms with Crippen LogP contribution in [0.3, 0.4) is 0 Å². The van der Waals surface area contributed by atoms with Crippen LogP contribution in [0.4, 0.5) is 4.39 Å². The van der Waals surface area contributed by atoms with Gasteiger partial charge in [0.25, 0.3) is 0 Å². The molecule has 0 bridgehead atoms. The van der Waals surface area contributed by atoms with E-state index < -0.39 is 19.6 Å². The Labute approximate surface area is 183 Å². The molecule has 0 spiro atoms. The van der Waals surface area contributed by atoms with Crippen LogP contribution in [0.2, 0.25) is 18.1 Å². The summed E-state index contributed by atoms with van der Waals surface area (Å²) in [6, 6.07) is 6.65. The number of aryl methyl sites for hydroxylation is 1. The molecule has 0 amide bonds. The molecule has 0 radical (unpaired) electrons. The van der Waals surface area contributed by atoms with Crippen LogP contribution in [0.1, 0.15) is 70.9 Å². The van der Waals surface area contributed by atoms with Crippen molar-refractivity contribution >= 4 is 8.32 Å². The molecule has 4 rings (SSSR count). The zero-order valence-corrected chi connectivity index (χ0v) is 20.6. The van der Waals surface area contributed by atoms with Crippen molar-refractivity contribution in [2.75, 3.05) is 0 Å². The van der Waals surface area contributed by atoms with E-state index in [1.54, 1.807) is 0 Å². The number of benzene rings is 1. The van der Waals surface area contributed by atoms with Gasteiger partial charge in [-0.05, 0) is 85.3 Å². The topological polar surface area (TPSA) is 29.5 Å². The summed E-state index contributed by atoms with van der Waals surface area (Å²) in [5, 5.41) is 10.7. The minimum Gasteiger partial charge on any atom is -0.543 e. The molecule has 3 aliphatic rings. The highest BCUT2D eigenvalue weighted by molar-refractivity contribution is 6.74. The molecule has 0 heterocycles. The summed E-state index contributed by atoms with van der Waals surface area (Å²) in [4.78, 5) is 0. The minimum absolute atomic E-state index is 0.117. The molecule has 3 aliphatic carbocycles. The first-order valence-corrected chi connectivity index (χ1v) is 14.6. The van der Waals surface area contributed by atoms with Gasteiger partial charge in [-0.2, -0.15) is 0 Å². The fourth-order valence-electron chi connectivity index (χ4n) is 6.48. The molecule has 0 saturated heterocycles. The van der Waals surface area contributed by atoms with Gasteiger partial charge in [-0.15, -0.1) is 6.58 Å². The van der Waals surface area contributed by atoms with Gasteiger partial charge in [0.15, 0.2) is 0 Å². The molecule has 4 heteroatoms. The van der Waals surface area contributed by atoms with Gasteiger partial charge in [-0.1, -0.05) is 39.8 Å². The van der Waals surface area contributed by atoms with E-state index in [0.29, 0.717) is 12.3 Å². The van der Waals surface area contributed by atoms with E-state index in [0.717, 1.165) is 31.4 Å². The normalized spacial score (nSPS) is 38.4. The first-order valence-electron chi connectivity index (χ1n) is 11.6. The van der Waals surface area contributed by atoms with E-state index in [4.69, 9.17) is 4.43 Å². The summed E-state index contributed by atoms with van der Waals surface area (Å²) in [6.07, 6.45) is 6.75. The Hall–Kier alpha value is -1.13. The zero-order valence-electron chi connectivity index (χ0n) is 19.6. The highest BCUT2D eigenvalue weighted by Gasteiger charge is 2.65. The van der Waals surface area contributed by atoms with Crippen molar-refractivity contribution in [3.8, 4) is 5.75 Å². The van der Waals surface area contributed by atoms with Gasteiger partial charge < -0.3 is 9.53 Å². The summed E-state index contributed by atoms with van der Waals surface area (Å²) in [5.74, 6) is -0.502. The van der Waals surface area contributed by atoms with Crippen LogP contribution in [0.15, 0.2) is 30.9 Å². The third kappa shape index (κ3) is 2.96. The molecule has 0 unspecified atom stereocenters. The van der Waals surface area contributed by atoms with Crippen molar-refractivity contribution in [3.05, 3.63) is 42.0 Å². The lowest BCUT2D eigenvalue weighted by molar-refractivity contribution is -0.192. The lowest BCUT2D eigenvalue weighted by Crippen LogP contribution is -2.54. The molecule has 1 aromatic rings. The quantitative estimate of drug-likeness (QED) is 0.416. The maximum absolute atomic E-state index is 15.0. The summed E-state index contributed by atoms with van der Waals surface area (Å²) in [6.45, 7) is 17.6. The Bertz CT molecular complexity index is 855. The fraction of sp³-hybridized carbons (Fsp3) is 0.692. The monoisotopic (exact) mass is 430 g/mol. The Balaban J connectivity index is 1.69. The van der Waals surface area contributed by atoms with E-state index in [1.807, 2.05) is 6.92 Å². The van der Waals surface area contributed by atoms with E-state index >= 15 is 4.39 Å². The van der Waals surface area contributed by atoms with Gasteiger partial charge in [-0.25, -0.2) is 4.39 Å². The first kappa shape index (κ1) is 22.1. The van der Waals surface area contributed by atoms with Crippen LogP contribution in [0.5, 0.6) is 5.75 Å². The largest absolute Gasteiger partial charge is 0.543 e. The smallest absolute Gasteiger partial charge is 0.250 e. The lowest BCUT2D eigenvalue weighted by Gasteiger charge is -2.56. The SMILES string of the molecule is C=C[C@]12CC[C@@]3(C)[C@@H](CC[C@]3(O)F)[C@@H]1CCc1cc(O[Si](C)(C)C(C)(C)C)ccc12. The second-order valence-electron chi connectivity index (χ2n) is 11.9. The maximum Gasteiger partial charge on any atom is 0.250 e. The maximum atomic E-state index is 15.0. The summed E-state index contributed by atoms with van der Waals surface area (Å²) >= 11 is 0. The molecule has 1 N–H and O–H groups in total. The third-order valence-electron chi connectivity index (χ3n) is 9.53. The van der Waals surface area contributed by atoms with E-state index in [1.165, 1.54) is 11.1 Å². The molecule has 5 atom stereocenters. The number of halogens is 1. The van der Waals surface area contributed by atoms with Crippen molar-refractivity contribution < 1.29 is 13.9 Å². The number of hydrogen-bond acceptors (Lipinski definition) is 2. The van der Waals surface area contributed by atoms with Gasteiger partial charge in [0.05, 0.1) is 0 Å². The Morgan fingerprint density at radius 3 is 2.50 bits per heavy atom. The van der Waals surface area contributed by atoms with Gasteiger partial charge in [0.1, 0.15) is 5.75 Å². The van der Waals surface area contributed by atoms with Crippen LogP contribution in [0, 0.1) is 17.3 Å². The summed E-state index contributed by atoms with van der Waals surface area (Å²) in [7, 11) is -1.89. The molecule has 0 aliphatic heterocycles. The Morgan fingerprint density at radius 1 is 1.17 bits per heavy atom. The van der Waals surface area contributed by atoms with Crippen LogP contribution >= 0.6 is 0 Å². The average Bonchev–Trinajstić information content (AvgIpc) is 2.89. The number of aliphatic hydroxyl groups is 1. The second kappa shape index (κ2) is 6.68. The molecule has 166 valence electrons.